The van der Waals surface area contributed by atoms with Crippen LogP contribution in [0.25, 0.3) is 11.1 Å². The molecule has 0 aromatic heterocycles. The lowest BCUT2D eigenvalue weighted by molar-refractivity contribution is 0.348. The molecule has 21 heavy (non-hydrogen) atoms. The molecular formula is C19H24N2. The Bertz CT molecular complexity index is 565. The summed E-state index contributed by atoms with van der Waals surface area (Å²) in [6.45, 7) is 2.41. The van der Waals surface area contributed by atoms with Crippen molar-refractivity contribution in [3.05, 3.63) is 54.6 Å². The number of para-hydroxylation sites is 1. The predicted molar refractivity (Wildman–Crippen MR) is 90.6 cm³/mol. The highest BCUT2D eigenvalue weighted by molar-refractivity contribution is 5.77. The zero-order chi connectivity index (χ0) is 14.5. The smallest absolute Gasteiger partial charge is 0.0422 e. The van der Waals surface area contributed by atoms with Gasteiger partial charge in [0.05, 0.1) is 0 Å². The maximum absolute atomic E-state index is 3.78. The van der Waals surface area contributed by atoms with E-state index in [2.05, 4.69) is 71.9 Å². The third-order valence-corrected chi connectivity index (χ3v) is 4.32. The largest absolute Gasteiger partial charge is 0.382 e. The summed E-state index contributed by atoms with van der Waals surface area (Å²) < 4.78 is 0. The molecule has 110 valence electrons. The Morgan fingerprint density at radius 1 is 0.905 bits per heavy atom. The minimum absolute atomic E-state index is 0.583. The van der Waals surface area contributed by atoms with Gasteiger partial charge in [-0.25, -0.2) is 0 Å². The molecule has 0 bridgehead atoms. The molecular weight excluding hydrogens is 256 g/mol. The molecule has 0 spiro atoms. The number of hydrogen-bond donors (Lipinski definition) is 1. The van der Waals surface area contributed by atoms with E-state index in [9.17, 15) is 0 Å². The van der Waals surface area contributed by atoms with Gasteiger partial charge in [0.1, 0.15) is 0 Å². The van der Waals surface area contributed by atoms with Gasteiger partial charge in [-0.2, -0.15) is 0 Å². The van der Waals surface area contributed by atoms with Gasteiger partial charge >= 0.3 is 0 Å². The Morgan fingerprint density at radius 3 is 2.52 bits per heavy atom. The van der Waals surface area contributed by atoms with E-state index in [1.165, 1.54) is 49.2 Å². The van der Waals surface area contributed by atoms with Crippen LogP contribution in [0.3, 0.4) is 0 Å². The Kier molecular flexibility index (Phi) is 4.56. The van der Waals surface area contributed by atoms with Crippen molar-refractivity contribution in [2.24, 2.45) is 0 Å². The number of nitrogens with one attached hydrogen (secondary N) is 1. The molecule has 2 heteroatoms. The van der Waals surface area contributed by atoms with Crippen LogP contribution in [0, 0.1) is 0 Å². The zero-order valence-electron chi connectivity index (χ0n) is 12.8. The molecule has 1 saturated heterocycles. The molecule has 0 radical (unpaired) electrons. The first-order valence-corrected chi connectivity index (χ1v) is 7.92. The fourth-order valence-corrected chi connectivity index (χ4v) is 3.08. The molecule has 1 unspecified atom stereocenters. The fraction of sp³-hybridized carbons (Fsp3) is 0.368. The van der Waals surface area contributed by atoms with Crippen LogP contribution >= 0.6 is 0 Å². The van der Waals surface area contributed by atoms with Crippen LogP contribution < -0.4 is 5.32 Å². The normalized spacial score (nSPS) is 20.0. The van der Waals surface area contributed by atoms with Gasteiger partial charge in [0.25, 0.3) is 0 Å². The van der Waals surface area contributed by atoms with Gasteiger partial charge in [-0.1, -0.05) is 48.5 Å². The van der Waals surface area contributed by atoms with Gasteiger partial charge in [0.15, 0.2) is 0 Å². The minimum atomic E-state index is 0.583. The van der Waals surface area contributed by atoms with Crippen molar-refractivity contribution in [3.8, 4) is 11.1 Å². The van der Waals surface area contributed by atoms with Crippen LogP contribution in [-0.2, 0) is 0 Å². The molecule has 0 amide bonds. The summed E-state index contributed by atoms with van der Waals surface area (Å²) in [5, 5.41) is 3.78. The molecule has 2 aromatic carbocycles. The number of rotatable bonds is 3. The Hall–Kier alpha value is -1.80. The van der Waals surface area contributed by atoms with Crippen molar-refractivity contribution < 1.29 is 0 Å². The van der Waals surface area contributed by atoms with Crippen LogP contribution in [0.4, 0.5) is 5.69 Å². The standard InChI is InChI=1S/C19H24N2/c1-21-14-7-10-17(13-15-21)20-19-12-6-5-11-18(19)16-8-3-2-4-9-16/h2-6,8-9,11-12,17,20H,7,10,13-15H2,1H3. The fourth-order valence-electron chi connectivity index (χ4n) is 3.08. The maximum atomic E-state index is 3.78. The summed E-state index contributed by atoms with van der Waals surface area (Å²) in [5.74, 6) is 0. The molecule has 1 aliphatic rings. The average molecular weight is 280 g/mol. The summed E-state index contributed by atoms with van der Waals surface area (Å²) in [6.07, 6.45) is 3.76. The number of anilines is 1. The number of likely N-dealkylation sites (tertiary alicyclic amines) is 1. The third kappa shape index (κ3) is 3.64. The van der Waals surface area contributed by atoms with E-state index in [0.29, 0.717) is 6.04 Å². The van der Waals surface area contributed by atoms with E-state index in [1.807, 2.05) is 0 Å². The Labute approximate surface area is 127 Å². The highest BCUT2D eigenvalue weighted by atomic mass is 15.1. The molecule has 2 nitrogen and oxygen atoms in total. The third-order valence-electron chi connectivity index (χ3n) is 4.32. The average Bonchev–Trinajstić information content (AvgIpc) is 2.73. The van der Waals surface area contributed by atoms with Crippen molar-refractivity contribution in [2.75, 3.05) is 25.5 Å². The Morgan fingerprint density at radius 2 is 1.67 bits per heavy atom. The molecule has 1 fully saturated rings. The highest BCUT2D eigenvalue weighted by Crippen LogP contribution is 2.29. The first-order valence-electron chi connectivity index (χ1n) is 7.92. The summed E-state index contributed by atoms with van der Waals surface area (Å²) in [6, 6.07) is 19.9. The van der Waals surface area contributed by atoms with Crippen molar-refractivity contribution in [1.82, 2.24) is 4.90 Å². The van der Waals surface area contributed by atoms with Gasteiger partial charge in [0.2, 0.25) is 0 Å². The highest BCUT2D eigenvalue weighted by Gasteiger charge is 2.15. The number of benzene rings is 2. The van der Waals surface area contributed by atoms with Crippen molar-refractivity contribution >= 4 is 5.69 Å². The van der Waals surface area contributed by atoms with Crippen molar-refractivity contribution in [3.63, 3.8) is 0 Å². The molecule has 1 N–H and O–H groups in total. The predicted octanol–water partition coefficient (Wildman–Crippen LogP) is 4.25. The van der Waals surface area contributed by atoms with Crippen LogP contribution in [-0.4, -0.2) is 31.1 Å². The number of hydrogen-bond acceptors (Lipinski definition) is 2. The monoisotopic (exact) mass is 280 g/mol. The van der Waals surface area contributed by atoms with Gasteiger partial charge in [-0.3, -0.25) is 0 Å². The van der Waals surface area contributed by atoms with E-state index in [-0.39, 0.29) is 0 Å². The van der Waals surface area contributed by atoms with E-state index in [0.717, 1.165) is 0 Å². The molecule has 1 atom stereocenters. The molecule has 2 aromatic rings. The van der Waals surface area contributed by atoms with Gasteiger partial charge < -0.3 is 10.2 Å². The van der Waals surface area contributed by atoms with Crippen LogP contribution in [0.5, 0.6) is 0 Å². The lowest BCUT2D eigenvalue weighted by Gasteiger charge is -2.20. The van der Waals surface area contributed by atoms with Gasteiger partial charge in [-0.15, -0.1) is 0 Å². The van der Waals surface area contributed by atoms with Crippen LogP contribution in [0.1, 0.15) is 19.3 Å². The summed E-state index contributed by atoms with van der Waals surface area (Å²) in [4.78, 5) is 2.44. The summed E-state index contributed by atoms with van der Waals surface area (Å²) >= 11 is 0. The maximum Gasteiger partial charge on any atom is 0.0422 e. The zero-order valence-corrected chi connectivity index (χ0v) is 12.8. The number of nitrogens with zero attached hydrogens (tertiary/aromatic N) is 1. The van der Waals surface area contributed by atoms with Crippen molar-refractivity contribution in [1.29, 1.82) is 0 Å². The second-order valence-corrected chi connectivity index (χ2v) is 5.99. The quantitative estimate of drug-likeness (QED) is 0.904. The second kappa shape index (κ2) is 6.77. The minimum Gasteiger partial charge on any atom is -0.382 e. The molecule has 3 rings (SSSR count). The van der Waals surface area contributed by atoms with Gasteiger partial charge in [-0.05, 0) is 51.0 Å². The van der Waals surface area contributed by atoms with E-state index < -0.39 is 0 Å². The summed E-state index contributed by atoms with van der Waals surface area (Å²) in [7, 11) is 2.22. The van der Waals surface area contributed by atoms with E-state index in [1.54, 1.807) is 0 Å². The topological polar surface area (TPSA) is 15.3 Å². The molecule has 1 aliphatic heterocycles. The van der Waals surface area contributed by atoms with Crippen LogP contribution in [0.2, 0.25) is 0 Å². The second-order valence-electron chi connectivity index (χ2n) is 5.99. The van der Waals surface area contributed by atoms with Crippen LogP contribution in [0.15, 0.2) is 54.6 Å². The molecule has 0 aliphatic carbocycles. The lowest BCUT2D eigenvalue weighted by atomic mass is 10.0. The summed E-state index contributed by atoms with van der Waals surface area (Å²) in [5.41, 5.74) is 3.85. The van der Waals surface area contributed by atoms with Crippen molar-refractivity contribution in [2.45, 2.75) is 25.3 Å². The van der Waals surface area contributed by atoms with E-state index >= 15 is 0 Å². The van der Waals surface area contributed by atoms with E-state index in [4.69, 9.17) is 0 Å². The molecule has 1 heterocycles. The Balaban J connectivity index is 1.79. The first kappa shape index (κ1) is 14.2. The molecule has 0 saturated carbocycles. The first-order chi connectivity index (χ1) is 10.3. The van der Waals surface area contributed by atoms with Gasteiger partial charge in [0, 0.05) is 17.3 Å². The SMILES string of the molecule is CN1CCCC(Nc2ccccc2-c2ccccc2)CC1. The lowest BCUT2D eigenvalue weighted by Crippen LogP contribution is -2.23.